The van der Waals surface area contributed by atoms with Crippen molar-refractivity contribution in [3.05, 3.63) is 206 Å². The Morgan fingerprint density at radius 2 is 0.719 bits per heavy atom. The van der Waals surface area contributed by atoms with E-state index in [0.29, 0.717) is 0 Å². The summed E-state index contributed by atoms with van der Waals surface area (Å²) in [5.74, 6) is 0. The summed E-state index contributed by atoms with van der Waals surface area (Å²) in [4.78, 5) is 0. The molecule has 57 heavy (non-hydrogen) atoms. The molecule has 1 aromatic heterocycles. The Balaban J connectivity index is 1.10. The minimum Gasteiger partial charge on any atom is -0.456 e. The second-order valence-electron chi connectivity index (χ2n) is 15.2. The summed E-state index contributed by atoms with van der Waals surface area (Å²) in [6.07, 6.45) is 0. The van der Waals surface area contributed by atoms with Gasteiger partial charge in [0.2, 0.25) is 0 Å². The van der Waals surface area contributed by atoms with Crippen molar-refractivity contribution in [2.45, 2.75) is 0 Å². The lowest BCUT2D eigenvalue weighted by Gasteiger charge is -2.19. The van der Waals surface area contributed by atoms with Crippen molar-refractivity contribution in [3.8, 4) is 44.5 Å². The molecule has 0 spiro atoms. The monoisotopic (exact) mass is 722 g/mol. The Hall–Kier alpha value is -7.48. The molecule has 0 aliphatic carbocycles. The van der Waals surface area contributed by atoms with Crippen LogP contribution in [0.2, 0.25) is 0 Å². The zero-order valence-electron chi connectivity index (χ0n) is 31.0. The van der Waals surface area contributed by atoms with Gasteiger partial charge in [0.25, 0.3) is 0 Å². The lowest BCUT2D eigenvalue weighted by atomic mass is 9.84. The van der Waals surface area contributed by atoms with Crippen LogP contribution in [0.15, 0.2) is 211 Å². The Kier molecular flexibility index (Phi) is 7.00. The summed E-state index contributed by atoms with van der Waals surface area (Å²) in [7, 11) is 0. The van der Waals surface area contributed by atoms with Crippen molar-refractivity contribution >= 4 is 75.8 Å². The largest absolute Gasteiger partial charge is 0.456 e. The zero-order chi connectivity index (χ0) is 37.5. The number of furan rings is 1. The van der Waals surface area contributed by atoms with Crippen LogP contribution in [0.5, 0.6) is 0 Å². The molecule has 0 bridgehead atoms. The van der Waals surface area contributed by atoms with Gasteiger partial charge in [0, 0.05) is 10.8 Å². The SMILES string of the molecule is c1cc(-c2c3ccccc3c(-c3cc(-c4ccc5oc6ccccc6c5c4)c4ccccc4c3)c3ccccc23)cc(-c2cc3ccccc3c3ccccc23)c1. The zero-order valence-corrected chi connectivity index (χ0v) is 31.0. The first-order valence-corrected chi connectivity index (χ1v) is 19.7. The van der Waals surface area contributed by atoms with Crippen LogP contribution in [0.25, 0.3) is 120 Å². The Bertz CT molecular complexity index is 3530. The maximum absolute atomic E-state index is 6.24. The number of hydrogen-bond donors (Lipinski definition) is 0. The van der Waals surface area contributed by atoms with E-state index in [1.165, 1.54) is 98.4 Å². The van der Waals surface area contributed by atoms with E-state index < -0.39 is 0 Å². The van der Waals surface area contributed by atoms with Crippen LogP contribution < -0.4 is 0 Å². The van der Waals surface area contributed by atoms with Gasteiger partial charge in [-0.2, -0.15) is 0 Å². The lowest BCUT2D eigenvalue weighted by Crippen LogP contribution is -1.92. The lowest BCUT2D eigenvalue weighted by molar-refractivity contribution is 0.669. The van der Waals surface area contributed by atoms with Gasteiger partial charge in [0.05, 0.1) is 0 Å². The van der Waals surface area contributed by atoms with E-state index >= 15 is 0 Å². The first-order chi connectivity index (χ1) is 28.3. The highest BCUT2D eigenvalue weighted by atomic mass is 16.3. The summed E-state index contributed by atoms with van der Waals surface area (Å²) >= 11 is 0. The molecule has 0 unspecified atom stereocenters. The second-order valence-corrected chi connectivity index (χ2v) is 15.2. The van der Waals surface area contributed by atoms with E-state index in [2.05, 4.69) is 194 Å². The van der Waals surface area contributed by atoms with Crippen LogP contribution in [0.3, 0.4) is 0 Å². The van der Waals surface area contributed by atoms with Crippen LogP contribution >= 0.6 is 0 Å². The van der Waals surface area contributed by atoms with E-state index in [4.69, 9.17) is 4.42 Å². The summed E-state index contributed by atoms with van der Waals surface area (Å²) in [6.45, 7) is 0. The molecule has 0 fully saturated rings. The van der Waals surface area contributed by atoms with Crippen molar-refractivity contribution < 1.29 is 4.42 Å². The molecule has 11 aromatic carbocycles. The van der Waals surface area contributed by atoms with Crippen molar-refractivity contribution in [2.75, 3.05) is 0 Å². The fourth-order valence-electron chi connectivity index (χ4n) is 9.47. The molecule has 0 saturated carbocycles. The Morgan fingerprint density at radius 1 is 0.228 bits per heavy atom. The summed E-state index contributed by atoms with van der Waals surface area (Å²) in [5.41, 5.74) is 11.6. The molecule has 12 rings (SSSR count). The van der Waals surface area contributed by atoms with E-state index in [0.717, 1.165) is 21.9 Å². The van der Waals surface area contributed by atoms with Gasteiger partial charge in [-0.15, -0.1) is 0 Å². The molecule has 0 aliphatic rings. The third kappa shape index (κ3) is 4.96. The maximum Gasteiger partial charge on any atom is 0.135 e. The quantitative estimate of drug-likeness (QED) is 0.130. The second kappa shape index (κ2) is 12.5. The van der Waals surface area contributed by atoms with E-state index in [1.54, 1.807) is 0 Å². The molecular formula is C56H34O. The summed E-state index contributed by atoms with van der Waals surface area (Å²) in [5, 5.41) is 14.8. The molecule has 264 valence electrons. The van der Waals surface area contributed by atoms with E-state index in [1.807, 2.05) is 12.1 Å². The molecule has 0 N–H and O–H groups in total. The van der Waals surface area contributed by atoms with Crippen molar-refractivity contribution in [3.63, 3.8) is 0 Å². The number of fused-ring (bicyclic) bond motifs is 9. The Labute approximate surface area is 329 Å². The van der Waals surface area contributed by atoms with Crippen molar-refractivity contribution in [2.24, 2.45) is 0 Å². The highest BCUT2D eigenvalue weighted by Gasteiger charge is 2.19. The first kappa shape index (κ1) is 31.8. The molecule has 0 aliphatic heterocycles. The molecule has 0 radical (unpaired) electrons. The van der Waals surface area contributed by atoms with Crippen LogP contribution in [0.4, 0.5) is 0 Å². The topological polar surface area (TPSA) is 13.1 Å². The van der Waals surface area contributed by atoms with Crippen LogP contribution in [0, 0.1) is 0 Å². The molecular weight excluding hydrogens is 689 g/mol. The fraction of sp³-hybridized carbons (Fsp3) is 0. The van der Waals surface area contributed by atoms with Crippen LogP contribution in [-0.4, -0.2) is 0 Å². The molecule has 12 aromatic rings. The highest BCUT2D eigenvalue weighted by Crippen LogP contribution is 2.47. The smallest absolute Gasteiger partial charge is 0.135 e. The third-order valence-electron chi connectivity index (χ3n) is 12.0. The molecule has 0 amide bonds. The predicted molar refractivity (Wildman–Crippen MR) is 243 cm³/mol. The van der Waals surface area contributed by atoms with Gasteiger partial charge < -0.3 is 4.42 Å². The number of hydrogen-bond acceptors (Lipinski definition) is 1. The normalized spacial score (nSPS) is 11.9. The maximum atomic E-state index is 6.24. The Morgan fingerprint density at radius 3 is 1.44 bits per heavy atom. The highest BCUT2D eigenvalue weighted by molar-refractivity contribution is 6.23. The first-order valence-electron chi connectivity index (χ1n) is 19.7. The van der Waals surface area contributed by atoms with Gasteiger partial charge in [-0.1, -0.05) is 164 Å². The fourth-order valence-corrected chi connectivity index (χ4v) is 9.47. The molecule has 1 heteroatoms. The van der Waals surface area contributed by atoms with Gasteiger partial charge >= 0.3 is 0 Å². The molecule has 0 saturated heterocycles. The third-order valence-corrected chi connectivity index (χ3v) is 12.0. The number of benzene rings is 11. The molecule has 1 heterocycles. The van der Waals surface area contributed by atoms with Crippen molar-refractivity contribution in [1.82, 2.24) is 0 Å². The predicted octanol–water partition coefficient (Wildman–Crippen LogP) is 16.0. The summed E-state index contributed by atoms with van der Waals surface area (Å²) < 4.78 is 6.24. The minimum absolute atomic E-state index is 0.908. The average molecular weight is 723 g/mol. The summed E-state index contributed by atoms with van der Waals surface area (Å²) in [6, 6.07) is 75.5. The standard InChI is InChI=1S/C56H34O/c1-4-19-42-35(14-1)31-40(34-50(42)38-28-29-54-52(33-38)45-22-11-12-27-53(45)57-54)56-48-25-9-7-23-46(48)55(47-24-8-10-26-49(47)56)39-17-13-16-36(30-39)51-32-37-15-2-3-18-41(37)43-20-5-6-21-44(43)51/h1-34H. The van der Waals surface area contributed by atoms with Crippen LogP contribution in [0.1, 0.15) is 0 Å². The number of para-hydroxylation sites is 1. The minimum atomic E-state index is 0.908. The van der Waals surface area contributed by atoms with Gasteiger partial charge in [0.15, 0.2) is 0 Å². The van der Waals surface area contributed by atoms with Gasteiger partial charge in [-0.3, -0.25) is 0 Å². The van der Waals surface area contributed by atoms with E-state index in [9.17, 15) is 0 Å². The molecule has 0 atom stereocenters. The van der Waals surface area contributed by atoms with Gasteiger partial charge in [-0.05, 0) is 141 Å². The van der Waals surface area contributed by atoms with E-state index in [-0.39, 0.29) is 0 Å². The van der Waals surface area contributed by atoms with Crippen molar-refractivity contribution in [1.29, 1.82) is 0 Å². The van der Waals surface area contributed by atoms with Crippen LogP contribution in [-0.2, 0) is 0 Å². The van der Waals surface area contributed by atoms with Gasteiger partial charge in [-0.25, -0.2) is 0 Å². The average Bonchev–Trinajstić information content (AvgIpc) is 3.65. The molecule has 1 nitrogen and oxygen atoms in total. The number of rotatable bonds is 4. The van der Waals surface area contributed by atoms with Gasteiger partial charge in [0.1, 0.15) is 11.2 Å².